The number of nitrogens with zero attached hydrogens (tertiary/aromatic N) is 13. The summed E-state index contributed by atoms with van der Waals surface area (Å²) in [4.78, 5) is 96.2. The molecule has 0 saturated heterocycles. The fraction of sp³-hybridized carbons (Fsp3) is 0.0441. The number of hydrogen-bond acceptors (Lipinski definition) is 25. The molecule has 31 nitrogen and oxygen atoms in total. The van der Waals surface area contributed by atoms with Crippen LogP contribution in [0.4, 0.5) is 46.0 Å². The predicted molar refractivity (Wildman–Crippen MR) is 391 cm³/mol. The summed E-state index contributed by atoms with van der Waals surface area (Å²) in [6.45, 7) is 0. The predicted octanol–water partition coefficient (Wildman–Crippen LogP) is 11.9. The Hall–Kier alpha value is -14.7. The number of rotatable bonds is 15. The van der Waals surface area contributed by atoms with Gasteiger partial charge >= 0.3 is 0 Å². The Labute approximate surface area is 575 Å². The van der Waals surface area contributed by atoms with Gasteiger partial charge < -0.3 is 62.8 Å². The number of amides is 4. The lowest BCUT2D eigenvalue weighted by Gasteiger charge is -2.11. The summed E-state index contributed by atoms with van der Waals surface area (Å²) in [5.74, 6) is -0.0724. The second kappa shape index (κ2) is 30.9. The molecule has 0 aliphatic carbocycles. The van der Waals surface area contributed by atoms with E-state index in [1.54, 1.807) is 110 Å². The molecular weight excluding hydrogens is 1270 g/mol. The molecule has 10 heterocycles. The molecule has 0 saturated carbocycles. The van der Waals surface area contributed by atoms with E-state index in [0.29, 0.717) is 85.3 Å². The van der Waals surface area contributed by atoms with Crippen molar-refractivity contribution in [3.63, 3.8) is 0 Å². The molecule has 14 rings (SSSR count). The highest BCUT2D eigenvalue weighted by Gasteiger charge is 2.21. The molecule has 0 aliphatic rings. The summed E-state index contributed by atoms with van der Waals surface area (Å²) in [6.07, 6.45) is 17.2. The number of H-pyrrole nitrogens is 2. The topological polar surface area (TPSA) is 460 Å². The molecule has 14 N–H and O–H groups in total. The monoisotopic (exact) mass is 1340 g/mol. The van der Waals surface area contributed by atoms with E-state index >= 15 is 0 Å². The van der Waals surface area contributed by atoms with Crippen LogP contribution in [-0.2, 0) is 0 Å². The van der Waals surface area contributed by atoms with E-state index in [0.717, 1.165) is 21.9 Å². The summed E-state index contributed by atoms with van der Waals surface area (Å²) in [7, 11) is 4.58. The van der Waals surface area contributed by atoms with Gasteiger partial charge in [0.1, 0.15) is 11.5 Å². The number of anilines is 8. The Balaban J connectivity index is 0.000000706. The molecule has 0 atom stereocenters. The number of benzene rings is 4. The second-order valence-electron chi connectivity index (χ2n) is 20.6. The highest BCUT2D eigenvalue weighted by molar-refractivity contribution is 6.09. The highest BCUT2D eigenvalue weighted by Crippen LogP contribution is 2.29. The zero-order valence-corrected chi connectivity index (χ0v) is 52.5. The van der Waals surface area contributed by atoms with Crippen LogP contribution in [0.1, 0.15) is 56.2 Å². The van der Waals surface area contributed by atoms with Crippen LogP contribution in [0.2, 0.25) is 0 Å². The van der Waals surface area contributed by atoms with Crippen molar-refractivity contribution in [1.82, 2.24) is 75.2 Å². The maximum Gasteiger partial charge on any atom is 0.278 e. The van der Waals surface area contributed by atoms with Gasteiger partial charge in [0.2, 0.25) is 5.88 Å². The van der Waals surface area contributed by atoms with Crippen molar-refractivity contribution in [3.8, 4) is 62.4 Å². The number of nitrogens with one attached hydrogen (secondary N) is 6. The molecule has 99 heavy (non-hydrogen) atoms. The number of pyridine rings is 3. The molecule has 14 aromatic rings. The Morgan fingerprint density at radius 1 is 0.404 bits per heavy atom. The van der Waals surface area contributed by atoms with Crippen LogP contribution in [0.3, 0.4) is 0 Å². The molecule has 0 spiro atoms. The first-order chi connectivity index (χ1) is 48.2. The van der Waals surface area contributed by atoms with Crippen molar-refractivity contribution in [2.24, 2.45) is 0 Å². The average molecular weight is 1340 g/mol. The number of hydrogen-bond donors (Lipinski definition) is 10. The van der Waals surface area contributed by atoms with Gasteiger partial charge in [0.05, 0.1) is 105 Å². The van der Waals surface area contributed by atoms with E-state index in [-0.39, 0.29) is 60.3 Å². The maximum absolute atomic E-state index is 12.7. The number of furan rings is 1. The minimum Gasteiger partial charge on any atom is -0.495 e. The molecule has 0 fully saturated rings. The first kappa shape index (κ1) is 65.8. The number of ether oxygens (including phenoxy) is 3. The third kappa shape index (κ3) is 16.2. The average Bonchev–Trinajstić information content (AvgIpc) is 1.80. The summed E-state index contributed by atoms with van der Waals surface area (Å²) in [5, 5.41) is 26.1. The molecule has 4 amide bonds. The fourth-order valence-electron chi connectivity index (χ4n) is 9.14. The number of fused-ring (bicyclic) bond motifs is 2. The number of nitrogens with two attached hydrogens (primary N) is 4. The number of para-hydroxylation sites is 6. The molecule has 0 bridgehead atoms. The number of aromatic nitrogens is 15. The summed E-state index contributed by atoms with van der Waals surface area (Å²) >= 11 is 0. The van der Waals surface area contributed by atoms with Crippen molar-refractivity contribution in [2.45, 2.75) is 0 Å². The second-order valence-corrected chi connectivity index (χ2v) is 20.6. The van der Waals surface area contributed by atoms with Crippen LogP contribution >= 0.6 is 0 Å². The van der Waals surface area contributed by atoms with Crippen LogP contribution in [0.5, 0.6) is 17.4 Å². The lowest BCUT2D eigenvalue weighted by atomic mass is 10.2. The lowest BCUT2D eigenvalue weighted by molar-refractivity contribution is 0.101. The van der Waals surface area contributed by atoms with Gasteiger partial charge in [-0.15, -0.1) is 0 Å². The maximum atomic E-state index is 12.7. The van der Waals surface area contributed by atoms with Crippen molar-refractivity contribution >= 4 is 91.7 Å². The number of nitrogen functional groups attached to an aromatic ring is 4. The van der Waals surface area contributed by atoms with Crippen LogP contribution < -0.4 is 58.4 Å². The lowest BCUT2D eigenvalue weighted by Crippen LogP contribution is -2.17. The Kier molecular flexibility index (Phi) is 20.5. The SMILES string of the molecule is COc1cc(-c2cnc(N)c(C(=O)Nc3ccccc3)n2)ccn1.COc1ccccc1NC(=O)c1nc(-c2ccoc2)cnc1N.COc1ccccc1NC(=O)c1nc(-c2cnc3[nH]ncc3c2)cnc1N.Nc1ncc(-c2cnc3[nH]ncc3c2)nc1C(=O)Nc1ccccc1.[HH].[HH].[HH].[HH].[HH].[HH].[HH].[HH].[HH].[HH]. The van der Waals surface area contributed by atoms with Crippen molar-refractivity contribution in [3.05, 3.63) is 231 Å². The Bertz CT molecular complexity index is 5230. The zero-order valence-electron chi connectivity index (χ0n) is 52.5. The zero-order chi connectivity index (χ0) is 69.2. The van der Waals surface area contributed by atoms with E-state index in [4.69, 9.17) is 41.6 Å². The van der Waals surface area contributed by atoms with Gasteiger partial charge in [0.25, 0.3) is 23.6 Å². The summed E-state index contributed by atoms with van der Waals surface area (Å²) in [5.41, 5.74) is 32.0. The van der Waals surface area contributed by atoms with Gasteiger partial charge in [-0.1, -0.05) is 60.7 Å². The minimum atomic E-state index is -0.483. The van der Waals surface area contributed by atoms with Crippen LogP contribution in [0, 0.1) is 0 Å². The number of carbonyl (C=O) groups excluding carboxylic acids is 4. The van der Waals surface area contributed by atoms with E-state index < -0.39 is 23.6 Å². The largest absolute Gasteiger partial charge is 0.495 e. The van der Waals surface area contributed by atoms with Gasteiger partial charge in [-0.05, 0) is 72.8 Å². The summed E-state index contributed by atoms with van der Waals surface area (Å²) in [6, 6.07) is 41.2. The van der Waals surface area contributed by atoms with Gasteiger partial charge in [0, 0.05) is 83.3 Å². The van der Waals surface area contributed by atoms with Crippen molar-refractivity contribution in [2.75, 3.05) is 65.5 Å². The van der Waals surface area contributed by atoms with Gasteiger partial charge in [-0.3, -0.25) is 29.4 Å². The van der Waals surface area contributed by atoms with Crippen molar-refractivity contribution in [1.29, 1.82) is 0 Å². The van der Waals surface area contributed by atoms with E-state index in [1.807, 2.05) is 60.7 Å². The number of aromatic amines is 2. The van der Waals surface area contributed by atoms with Gasteiger partial charge in [-0.25, -0.2) is 54.8 Å². The Morgan fingerprint density at radius 3 is 1.20 bits per heavy atom. The summed E-state index contributed by atoms with van der Waals surface area (Å²) < 4.78 is 20.5. The molecule has 10 aromatic heterocycles. The van der Waals surface area contributed by atoms with Crippen LogP contribution in [0.25, 0.3) is 67.1 Å². The highest BCUT2D eigenvalue weighted by atomic mass is 16.5. The fourth-order valence-corrected chi connectivity index (χ4v) is 9.14. The minimum absolute atomic E-state index is 0. The molecule has 0 aliphatic heterocycles. The Morgan fingerprint density at radius 2 is 0.798 bits per heavy atom. The standard InChI is InChI=1S/C18H15N7O2.C17H13N7O.C17H15N5O2.C16H14N4O3.10H2/c1-27-14-5-3-2-4-12(14)24-18(26)15-16(19)20-9-13(23-15)10-6-11-8-22-25-17(11)21-7-10;18-15-14(17(25)22-12-4-2-1-3-5-12)23-13(9-19-15)10-6-11-8-21-24-16(11)20-7-10;1-24-14-9-11(7-8-19-14)13-10-20-16(18)15(22-13)17(23)21-12-5-3-2-4-6-12;1-22-13-5-3-2-4-11(13)20-16(21)14-15(17)18-8-12(19-14)10-6-7-23-9-10;;;;;;;;;;/h2-9H,1H3,(H2,19,20)(H,24,26)(H,21,22,25);1-9H,(H2,18,19)(H,22,25)(H,20,21,24);2-10H,1H3,(H2,18,20)(H,21,23);2-9H,1H3,(H2,17,18)(H,20,21);10*1H. The van der Waals surface area contributed by atoms with Crippen LogP contribution in [0.15, 0.2) is 212 Å². The van der Waals surface area contributed by atoms with E-state index in [1.165, 1.54) is 58.6 Å². The van der Waals surface area contributed by atoms with Gasteiger partial charge in [0.15, 0.2) is 57.3 Å². The van der Waals surface area contributed by atoms with E-state index in [2.05, 4.69) is 96.5 Å². The quantitative estimate of drug-likeness (QED) is 0.0456. The molecule has 0 unspecified atom stereocenters. The first-order valence-corrected chi connectivity index (χ1v) is 29.5. The molecule has 4 aromatic carbocycles. The molecular formula is C68H77N23O8. The van der Waals surface area contributed by atoms with Crippen LogP contribution in [-0.4, -0.2) is 120 Å². The number of carbonyl (C=O) groups is 4. The van der Waals surface area contributed by atoms with E-state index in [9.17, 15) is 19.2 Å². The van der Waals surface area contributed by atoms with Crippen molar-refractivity contribution < 1.29 is 52.1 Å². The molecule has 512 valence electrons. The smallest absolute Gasteiger partial charge is 0.278 e. The molecule has 0 radical (unpaired) electrons. The molecule has 31 heteroatoms. The third-order valence-corrected chi connectivity index (χ3v) is 14.1. The number of methoxy groups -OCH3 is 3. The van der Waals surface area contributed by atoms with Gasteiger partial charge in [-0.2, -0.15) is 10.2 Å². The third-order valence-electron chi connectivity index (χ3n) is 14.1. The normalized spacial score (nSPS) is 10.5. The first-order valence-electron chi connectivity index (χ1n) is 29.5.